The highest BCUT2D eigenvalue weighted by Crippen LogP contribution is 2.48. The molecule has 0 N–H and O–H groups in total. The summed E-state index contributed by atoms with van der Waals surface area (Å²) < 4.78 is 31.9. The van der Waals surface area contributed by atoms with Gasteiger partial charge in [0.15, 0.2) is 6.04 Å². The van der Waals surface area contributed by atoms with Gasteiger partial charge in [-0.15, -0.1) is 0 Å². The van der Waals surface area contributed by atoms with Gasteiger partial charge in [0.2, 0.25) is 0 Å². The highest BCUT2D eigenvalue weighted by atomic mass is 19.1. The molecule has 3 aliphatic rings. The Bertz CT molecular complexity index is 974. The second-order valence-electron chi connectivity index (χ2n) is 10.5. The van der Waals surface area contributed by atoms with Crippen molar-refractivity contribution >= 4 is 11.9 Å². The molecule has 0 aromatic heterocycles. The van der Waals surface area contributed by atoms with Crippen LogP contribution in [0.25, 0.3) is 0 Å². The van der Waals surface area contributed by atoms with Crippen molar-refractivity contribution in [3.63, 3.8) is 0 Å². The summed E-state index contributed by atoms with van der Waals surface area (Å²) in [6, 6.07) is 2.06. The minimum absolute atomic E-state index is 0.00268. The minimum atomic E-state index is -0.900. The van der Waals surface area contributed by atoms with E-state index >= 15 is 4.39 Å². The fourth-order valence-electron chi connectivity index (χ4n) is 5.67. The maximum Gasteiger partial charge on any atom is 0.331 e. The standard InChI is InChI=1S/C27H36FNO5/c1-6-27(12-16(2)9-17(3)13-27)14-33-23-11-22(28)21(10-20(23)19-7-8-19)25(30)29-15-34-18(4)24(29)26(31)32-5/h10-11,17-19,24H,2,6-9,12-15H2,1,3-5H3/t17?,18-,24+,27?/m1/s1. The molecule has 2 unspecified atom stereocenters. The van der Waals surface area contributed by atoms with Gasteiger partial charge in [-0.2, -0.15) is 0 Å². The van der Waals surface area contributed by atoms with Gasteiger partial charge < -0.3 is 14.2 Å². The Hall–Kier alpha value is -2.41. The number of benzene rings is 1. The fraction of sp³-hybridized carbons (Fsp3) is 0.630. The van der Waals surface area contributed by atoms with Crippen LogP contribution in [0, 0.1) is 17.2 Å². The van der Waals surface area contributed by atoms with Crippen molar-refractivity contribution in [3.05, 3.63) is 41.2 Å². The lowest BCUT2D eigenvalue weighted by Gasteiger charge is -2.40. The van der Waals surface area contributed by atoms with Gasteiger partial charge in [-0.1, -0.05) is 26.0 Å². The van der Waals surface area contributed by atoms with Crippen molar-refractivity contribution in [1.29, 1.82) is 0 Å². The van der Waals surface area contributed by atoms with Crippen molar-refractivity contribution in [1.82, 2.24) is 4.90 Å². The number of halogens is 1. The van der Waals surface area contributed by atoms with Crippen molar-refractivity contribution in [2.24, 2.45) is 11.3 Å². The van der Waals surface area contributed by atoms with Crippen molar-refractivity contribution in [3.8, 4) is 5.75 Å². The van der Waals surface area contributed by atoms with Crippen LogP contribution in [0.4, 0.5) is 4.39 Å². The molecule has 0 radical (unpaired) electrons. The summed E-state index contributed by atoms with van der Waals surface area (Å²) in [5.74, 6) is -0.479. The van der Waals surface area contributed by atoms with Crippen LogP contribution in [0.15, 0.2) is 24.3 Å². The van der Waals surface area contributed by atoms with Gasteiger partial charge in [0.25, 0.3) is 5.91 Å². The van der Waals surface area contributed by atoms with Crippen molar-refractivity contribution in [2.75, 3.05) is 20.4 Å². The zero-order valence-corrected chi connectivity index (χ0v) is 20.7. The average Bonchev–Trinajstić information content (AvgIpc) is 3.57. The number of allylic oxidation sites excluding steroid dienone is 1. The number of carbonyl (C=O) groups is 2. The molecule has 6 nitrogen and oxygen atoms in total. The molecule has 1 heterocycles. The lowest BCUT2D eigenvalue weighted by Crippen LogP contribution is -2.45. The normalized spacial score (nSPS) is 29.3. The molecule has 34 heavy (non-hydrogen) atoms. The molecule has 0 spiro atoms. The molecule has 1 aromatic carbocycles. The van der Waals surface area contributed by atoms with Crippen LogP contribution in [-0.2, 0) is 14.3 Å². The summed E-state index contributed by atoms with van der Waals surface area (Å²) in [5, 5.41) is 0. The summed E-state index contributed by atoms with van der Waals surface area (Å²) in [6.07, 6.45) is 5.44. The molecule has 4 rings (SSSR count). The number of methoxy groups -OCH3 is 1. The summed E-state index contributed by atoms with van der Waals surface area (Å²) in [6.45, 7) is 10.8. The largest absolute Gasteiger partial charge is 0.493 e. The summed E-state index contributed by atoms with van der Waals surface area (Å²) in [4.78, 5) is 26.7. The predicted octanol–water partition coefficient (Wildman–Crippen LogP) is 5.21. The molecule has 186 valence electrons. The molecular formula is C27H36FNO5. The number of ether oxygens (including phenoxy) is 3. The Morgan fingerprint density at radius 3 is 2.65 bits per heavy atom. The predicted molar refractivity (Wildman–Crippen MR) is 126 cm³/mol. The van der Waals surface area contributed by atoms with Crippen LogP contribution in [0.1, 0.15) is 81.1 Å². The smallest absolute Gasteiger partial charge is 0.331 e. The van der Waals surface area contributed by atoms with Gasteiger partial charge >= 0.3 is 5.97 Å². The van der Waals surface area contributed by atoms with Crippen LogP contribution >= 0.6 is 0 Å². The topological polar surface area (TPSA) is 65.1 Å². The Morgan fingerprint density at radius 1 is 1.29 bits per heavy atom. The Morgan fingerprint density at radius 2 is 2.03 bits per heavy atom. The van der Waals surface area contributed by atoms with Crippen LogP contribution < -0.4 is 4.74 Å². The number of esters is 1. The van der Waals surface area contributed by atoms with Crippen LogP contribution in [0.3, 0.4) is 0 Å². The summed E-state index contributed by atoms with van der Waals surface area (Å²) in [7, 11) is 1.26. The van der Waals surface area contributed by atoms with Gasteiger partial charge in [0, 0.05) is 11.5 Å². The van der Waals surface area contributed by atoms with E-state index in [-0.39, 0.29) is 23.6 Å². The maximum absolute atomic E-state index is 15.3. The first-order chi connectivity index (χ1) is 16.2. The third-order valence-corrected chi connectivity index (χ3v) is 7.63. The molecule has 1 amide bonds. The molecule has 1 aliphatic heterocycles. The van der Waals surface area contributed by atoms with Gasteiger partial charge in [0.05, 0.1) is 25.4 Å². The first-order valence-corrected chi connectivity index (χ1v) is 12.3. The highest BCUT2D eigenvalue weighted by molar-refractivity contribution is 5.97. The number of hydrogen-bond donors (Lipinski definition) is 0. The lowest BCUT2D eigenvalue weighted by molar-refractivity contribution is -0.145. The van der Waals surface area contributed by atoms with E-state index in [0.717, 1.165) is 44.1 Å². The molecule has 3 fully saturated rings. The number of carbonyl (C=O) groups excluding carboxylic acids is 2. The lowest BCUT2D eigenvalue weighted by atomic mass is 9.67. The van der Waals surface area contributed by atoms with Gasteiger partial charge in [0.1, 0.15) is 18.3 Å². The van der Waals surface area contributed by atoms with Crippen LogP contribution in [0.2, 0.25) is 0 Å². The second-order valence-corrected chi connectivity index (χ2v) is 10.5. The molecule has 1 aromatic rings. The van der Waals surface area contributed by atoms with E-state index in [1.54, 1.807) is 13.0 Å². The molecule has 0 bridgehead atoms. The Balaban J connectivity index is 1.58. The van der Waals surface area contributed by atoms with Crippen molar-refractivity contribution < 1.29 is 28.2 Å². The van der Waals surface area contributed by atoms with E-state index in [4.69, 9.17) is 14.2 Å². The number of rotatable bonds is 7. The maximum atomic E-state index is 15.3. The molecule has 2 aliphatic carbocycles. The Kier molecular flexibility index (Phi) is 7.04. The van der Waals surface area contributed by atoms with Crippen LogP contribution in [0.5, 0.6) is 5.75 Å². The van der Waals surface area contributed by atoms with E-state index in [9.17, 15) is 9.59 Å². The fourth-order valence-corrected chi connectivity index (χ4v) is 5.67. The SMILES string of the molecule is C=C1CC(C)CC(CC)(COc2cc(F)c(C(=O)N3CO[C@H](C)[C@H]3C(=O)OC)cc2C2CC2)C1. The zero-order valence-electron chi connectivity index (χ0n) is 20.7. The van der Waals surface area contributed by atoms with E-state index in [1.165, 1.54) is 23.6 Å². The first kappa shape index (κ1) is 24.7. The number of amides is 1. The summed E-state index contributed by atoms with van der Waals surface area (Å²) >= 11 is 0. The monoisotopic (exact) mass is 473 g/mol. The molecular weight excluding hydrogens is 437 g/mol. The van der Waals surface area contributed by atoms with Gasteiger partial charge in [-0.3, -0.25) is 9.69 Å². The van der Waals surface area contributed by atoms with E-state index in [2.05, 4.69) is 20.4 Å². The molecule has 2 saturated carbocycles. The van der Waals surface area contributed by atoms with Crippen molar-refractivity contribution in [2.45, 2.75) is 77.4 Å². The van der Waals surface area contributed by atoms with E-state index < -0.39 is 29.8 Å². The molecule has 4 atom stereocenters. The third-order valence-electron chi connectivity index (χ3n) is 7.63. The average molecular weight is 474 g/mol. The highest BCUT2D eigenvalue weighted by Gasteiger charge is 2.43. The first-order valence-electron chi connectivity index (χ1n) is 12.3. The molecule has 7 heteroatoms. The number of hydrogen-bond acceptors (Lipinski definition) is 5. The van der Waals surface area contributed by atoms with E-state index in [0.29, 0.717) is 18.3 Å². The number of nitrogens with zero attached hydrogens (tertiary/aromatic N) is 1. The zero-order chi connectivity index (χ0) is 24.6. The minimum Gasteiger partial charge on any atom is -0.493 e. The quantitative estimate of drug-likeness (QED) is 0.402. The van der Waals surface area contributed by atoms with Crippen LogP contribution in [-0.4, -0.2) is 49.4 Å². The summed E-state index contributed by atoms with van der Waals surface area (Å²) in [5.41, 5.74) is 2.05. The third kappa shape index (κ3) is 4.85. The van der Waals surface area contributed by atoms with Gasteiger partial charge in [-0.25, -0.2) is 9.18 Å². The molecule has 1 saturated heterocycles. The van der Waals surface area contributed by atoms with E-state index in [1.807, 2.05) is 0 Å². The second kappa shape index (κ2) is 9.68. The Labute approximate surface area is 201 Å². The van der Waals surface area contributed by atoms with Gasteiger partial charge in [-0.05, 0) is 68.9 Å².